The number of rotatable bonds is 2. The van der Waals surface area contributed by atoms with E-state index in [2.05, 4.69) is 21.2 Å². The number of carbonyl (C=O) groups is 1. The number of anilines is 1. The first kappa shape index (κ1) is 13.4. The summed E-state index contributed by atoms with van der Waals surface area (Å²) in [5, 5.41) is 21.0. The zero-order chi connectivity index (χ0) is 14.0. The summed E-state index contributed by atoms with van der Waals surface area (Å²) in [6.45, 7) is 0. The monoisotopic (exact) mass is 325 g/mol. The number of phenols is 2. The summed E-state index contributed by atoms with van der Waals surface area (Å²) in [4.78, 5) is 11.9. The molecule has 0 atom stereocenters. The Balaban J connectivity index is 2.31. The Morgan fingerprint density at radius 2 is 1.79 bits per heavy atom. The number of hydrogen-bond donors (Lipinski definition) is 3. The van der Waals surface area contributed by atoms with Gasteiger partial charge >= 0.3 is 0 Å². The van der Waals surface area contributed by atoms with Crippen LogP contribution in [0.5, 0.6) is 11.5 Å². The van der Waals surface area contributed by atoms with E-state index in [0.29, 0.717) is 4.47 Å². The Labute approximate surface area is 116 Å². The maximum Gasteiger partial charge on any atom is 0.256 e. The minimum Gasteiger partial charge on any atom is -0.508 e. The van der Waals surface area contributed by atoms with Crippen LogP contribution in [0.2, 0.25) is 0 Å². The van der Waals surface area contributed by atoms with E-state index in [1.807, 2.05) is 0 Å². The van der Waals surface area contributed by atoms with Crippen molar-refractivity contribution in [1.82, 2.24) is 0 Å². The van der Waals surface area contributed by atoms with Crippen molar-refractivity contribution in [1.29, 1.82) is 0 Å². The SMILES string of the molecule is O=C(Nc1c(F)cccc1Br)c1cc(O)cc(O)c1. The molecule has 0 spiro atoms. The lowest BCUT2D eigenvalue weighted by molar-refractivity contribution is 0.102. The molecule has 0 unspecified atom stereocenters. The maximum absolute atomic E-state index is 13.5. The van der Waals surface area contributed by atoms with E-state index >= 15 is 0 Å². The average Bonchev–Trinajstić information content (AvgIpc) is 2.32. The Hall–Kier alpha value is -2.08. The van der Waals surface area contributed by atoms with Crippen molar-refractivity contribution < 1.29 is 19.4 Å². The summed E-state index contributed by atoms with van der Waals surface area (Å²) in [6.07, 6.45) is 0. The van der Waals surface area contributed by atoms with Crippen molar-refractivity contribution in [3.05, 3.63) is 52.3 Å². The van der Waals surface area contributed by atoms with Crippen LogP contribution >= 0.6 is 15.9 Å². The fraction of sp³-hybridized carbons (Fsp3) is 0. The van der Waals surface area contributed by atoms with Gasteiger partial charge in [-0.3, -0.25) is 4.79 Å². The zero-order valence-electron chi connectivity index (χ0n) is 9.52. The summed E-state index contributed by atoms with van der Waals surface area (Å²) in [5.74, 6) is -1.74. The number of benzene rings is 2. The first-order valence-electron chi connectivity index (χ1n) is 5.26. The first-order valence-corrected chi connectivity index (χ1v) is 6.05. The minimum atomic E-state index is -0.642. The predicted octanol–water partition coefficient (Wildman–Crippen LogP) is 3.25. The minimum absolute atomic E-state index is 0.00432. The van der Waals surface area contributed by atoms with Crippen molar-refractivity contribution >= 4 is 27.5 Å². The number of phenolic OH excluding ortho intramolecular Hbond substituents is 2. The molecule has 6 heteroatoms. The van der Waals surface area contributed by atoms with E-state index in [9.17, 15) is 19.4 Å². The standard InChI is InChI=1S/C13H9BrFNO3/c14-10-2-1-3-11(15)12(10)16-13(19)7-4-8(17)6-9(18)5-7/h1-6,17-18H,(H,16,19). The van der Waals surface area contributed by atoms with E-state index in [1.54, 1.807) is 6.07 Å². The Morgan fingerprint density at radius 3 is 2.37 bits per heavy atom. The largest absolute Gasteiger partial charge is 0.508 e. The molecule has 2 aromatic carbocycles. The highest BCUT2D eigenvalue weighted by molar-refractivity contribution is 9.10. The van der Waals surface area contributed by atoms with Gasteiger partial charge in [0.05, 0.1) is 5.69 Å². The number of para-hydroxylation sites is 1. The van der Waals surface area contributed by atoms with Gasteiger partial charge in [-0.1, -0.05) is 6.07 Å². The number of nitrogens with one attached hydrogen (secondary N) is 1. The molecule has 0 fully saturated rings. The summed E-state index contributed by atoms with van der Waals surface area (Å²) < 4.78 is 13.9. The Morgan fingerprint density at radius 1 is 1.16 bits per heavy atom. The zero-order valence-corrected chi connectivity index (χ0v) is 11.1. The van der Waals surface area contributed by atoms with E-state index in [-0.39, 0.29) is 22.7 Å². The van der Waals surface area contributed by atoms with Gasteiger partial charge in [-0.2, -0.15) is 0 Å². The average molecular weight is 326 g/mol. The van der Waals surface area contributed by atoms with Crippen molar-refractivity contribution in [3.8, 4) is 11.5 Å². The van der Waals surface area contributed by atoms with Gasteiger partial charge in [0.2, 0.25) is 0 Å². The molecule has 0 aliphatic carbocycles. The number of halogens is 2. The highest BCUT2D eigenvalue weighted by Crippen LogP contribution is 2.27. The van der Waals surface area contributed by atoms with Gasteiger partial charge in [-0.15, -0.1) is 0 Å². The molecular weight excluding hydrogens is 317 g/mol. The third-order valence-corrected chi connectivity index (χ3v) is 3.03. The van der Waals surface area contributed by atoms with Crippen LogP contribution in [0.3, 0.4) is 0 Å². The van der Waals surface area contributed by atoms with E-state index in [4.69, 9.17) is 0 Å². The van der Waals surface area contributed by atoms with Crippen molar-refractivity contribution in [3.63, 3.8) is 0 Å². The van der Waals surface area contributed by atoms with Crippen LogP contribution in [0.25, 0.3) is 0 Å². The molecule has 4 nitrogen and oxygen atoms in total. The van der Waals surface area contributed by atoms with Gasteiger partial charge in [-0.25, -0.2) is 4.39 Å². The predicted molar refractivity (Wildman–Crippen MR) is 71.8 cm³/mol. The van der Waals surface area contributed by atoms with Gasteiger partial charge in [0.25, 0.3) is 5.91 Å². The third kappa shape index (κ3) is 3.03. The highest BCUT2D eigenvalue weighted by atomic mass is 79.9. The van der Waals surface area contributed by atoms with Crippen molar-refractivity contribution in [2.45, 2.75) is 0 Å². The summed E-state index contributed by atoms with van der Waals surface area (Å²) in [7, 11) is 0. The Kier molecular flexibility index (Phi) is 3.71. The van der Waals surface area contributed by atoms with Gasteiger partial charge in [0.15, 0.2) is 0 Å². The van der Waals surface area contributed by atoms with E-state index in [1.165, 1.54) is 24.3 Å². The fourth-order valence-electron chi connectivity index (χ4n) is 1.53. The maximum atomic E-state index is 13.5. The van der Waals surface area contributed by atoms with Crippen LogP contribution < -0.4 is 5.32 Å². The molecule has 2 aromatic rings. The van der Waals surface area contributed by atoms with Gasteiger partial charge in [0.1, 0.15) is 17.3 Å². The fourth-order valence-corrected chi connectivity index (χ4v) is 1.97. The lowest BCUT2D eigenvalue weighted by Gasteiger charge is -2.09. The van der Waals surface area contributed by atoms with Crippen LogP contribution in [-0.2, 0) is 0 Å². The van der Waals surface area contributed by atoms with E-state index < -0.39 is 11.7 Å². The van der Waals surface area contributed by atoms with Crippen LogP contribution in [0.1, 0.15) is 10.4 Å². The summed E-state index contributed by atoms with van der Waals surface area (Å²) in [6, 6.07) is 7.72. The second kappa shape index (κ2) is 5.27. The molecule has 0 aliphatic heterocycles. The molecule has 1 amide bonds. The van der Waals surface area contributed by atoms with Gasteiger partial charge in [-0.05, 0) is 40.2 Å². The quantitative estimate of drug-likeness (QED) is 0.793. The molecule has 0 aliphatic rings. The smallest absolute Gasteiger partial charge is 0.256 e. The molecule has 2 rings (SSSR count). The molecule has 98 valence electrons. The van der Waals surface area contributed by atoms with Crippen LogP contribution in [0.4, 0.5) is 10.1 Å². The molecule has 0 heterocycles. The molecule has 0 saturated carbocycles. The van der Waals surface area contributed by atoms with Crippen LogP contribution in [-0.4, -0.2) is 16.1 Å². The number of hydrogen-bond acceptors (Lipinski definition) is 3. The van der Waals surface area contributed by atoms with Crippen molar-refractivity contribution in [2.75, 3.05) is 5.32 Å². The lowest BCUT2D eigenvalue weighted by Crippen LogP contribution is -2.13. The molecule has 3 N–H and O–H groups in total. The second-order valence-corrected chi connectivity index (χ2v) is 4.64. The molecule has 0 saturated heterocycles. The second-order valence-electron chi connectivity index (χ2n) is 3.79. The van der Waals surface area contributed by atoms with Crippen LogP contribution in [0, 0.1) is 5.82 Å². The number of aromatic hydroxyl groups is 2. The van der Waals surface area contributed by atoms with Gasteiger partial charge < -0.3 is 15.5 Å². The molecule has 0 radical (unpaired) electrons. The molecule has 19 heavy (non-hydrogen) atoms. The topological polar surface area (TPSA) is 69.6 Å². The Bertz CT molecular complexity index is 605. The molecule has 0 bridgehead atoms. The van der Waals surface area contributed by atoms with Crippen molar-refractivity contribution in [2.24, 2.45) is 0 Å². The number of carbonyl (C=O) groups excluding carboxylic acids is 1. The van der Waals surface area contributed by atoms with E-state index in [0.717, 1.165) is 6.07 Å². The number of amides is 1. The lowest BCUT2D eigenvalue weighted by atomic mass is 10.2. The van der Waals surface area contributed by atoms with Crippen LogP contribution in [0.15, 0.2) is 40.9 Å². The first-order chi connectivity index (χ1) is 8.97. The molecular formula is C13H9BrFNO3. The molecule has 0 aromatic heterocycles. The van der Waals surface area contributed by atoms with Gasteiger partial charge in [0, 0.05) is 16.1 Å². The summed E-state index contributed by atoms with van der Waals surface area (Å²) in [5.41, 5.74) is 0.0167. The highest BCUT2D eigenvalue weighted by Gasteiger charge is 2.13. The summed E-state index contributed by atoms with van der Waals surface area (Å²) >= 11 is 3.12. The third-order valence-electron chi connectivity index (χ3n) is 2.37. The normalized spacial score (nSPS) is 10.2.